The number of amides is 1. The quantitative estimate of drug-likeness (QED) is 0.548. The van der Waals surface area contributed by atoms with Crippen LogP contribution in [0.5, 0.6) is 11.5 Å². The summed E-state index contributed by atoms with van der Waals surface area (Å²) < 4.78 is 15.8. The average Bonchev–Trinajstić information content (AvgIpc) is 3.07. The van der Waals surface area contributed by atoms with E-state index in [-0.39, 0.29) is 5.91 Å². The lowest BCUT2D eigenvalue weighted by Crippen LogP contribution is -2.23. The standard InChI is InChI=1S/C22H24N2O4S/c1-14-18(15(2)28-24-14)13-29-21-8-6-5-7-17(21)22(25)23-12-16-9-10-19(26-3)20(11-16)27-4/h5-11H,12-13H2,1-4H3,(H,23,25). The normalized spacial score (nSPS) is 10.6. The van der Waals surface area contributed by atoms with Crippen LogP contribution in [0.4, 0.5) is 0 Å². The van der Waals surface area contributed by atoms with Crippen LogP contribution >= 0.6 is 11.8 Å². The summed E-state index contributed by atoms with van der Waals surface area (Å²) in [6.07, 6.45) is 0. The third kappa shape index (κ3) is 4.92. The molecule has 0 spiro atoms. The van der Waals surface area contributed by atoms with E-state index in [0.29, 0.717) is 29.4 Å². The van der Waals surface area contributed by atoms with E-state index in [0.717, 1.165) is 27.5 Å². The van der Waals surface area contributed by atoms with Gasteiger partial charge >= 0.3 is 0 Å². The molecule has 1 heterocycles. The number of hydrogen-bond acceptors (Lipinski definition) is 6. The highest BCUT2D eigenvalue weighted by Crippen LogP contribution is 2.29. The van der Waals surface area contributed by atoms with Crippen molar-refractivity contribution in [2.45, 2.75) is 31.0 Å². The van der Waals surface area contributed by atoms with Crippen LogP contribution in [-0.2, 0) is 12.3 Å². The largest absolute Gasteiger partial charge is 0.493 e. The van der Waals surface area contributed by atoms with Crippen LogP contribution in [0.25, 0.3) is 0 Å². The second-order valence-corrected chi connectivity index (χ2v) is 7.48. The molecule has 0 saturated heterocycles. The van der Waals surface area contributed by atoms with E-state index in [9.17, 15) is 4.79 Å². The van der Waals surface area contributed by atoms with E-state index in [1.807, 2.05) is 56.3 Å². The zero-order valence-electron chi connectivity index (χ0n) is 16.9. The number of methoxy groups -OCH3 is 2. The highest BCUT2D eigenvalue weighted by molar-refractivity contribution is 7.98. The molecule has 1 aromatic heterocycles. The van der Waals surface area contributed by atoms with Crippen LogP contribution < -0.4 is 14.8 Å². The minimum atomic E-state index is -0.123. The Hall–Kier alpha value is -2.93. The molecule has 0 aliphatic rings. The number of carbonyl (C=O) groups excluding carboxylic acids is 1. The first-order valence-corrected chi connectivity index (χ1v) is 10.1. The molecule has 3 aromatic rings. The van der Waals surface area contributed by atoms with Gasteiger partial charge in [0.25, 0.3) is 5.91 Å². The van der Waals surface area contributed by atoms with E-state index < -0.39 is 0 Å². The molecule has 0 unspecified atom stereocenters. The number of rotatable bonds is 8. The van der Waals surface area contributed by atoms with Gasteiger partial charge in [-0.1, -0.05) is 23.4 Å². The van der Waals surface area contributed by atoms with Crippen molar-refractivity contribution >= 4 is 17.7 Å². The summed E-state index contributed by atoms with van der Waals surface area (Å²) in [7, 11) is 3.18. The number of aromatic nitrogens is 1. The van der Waals surface area contributed by atoms with Gasteiger partial charge in [0.2, 0.25) is 0 Å². The molecule has 3 rings (SSSR count). The molecule has 1 amide bonds. The zero-order valence-corrected chi connectivity index (χ0v) is 17.8. The Morgan fingerprint density at radius 3 is 2.55 bits per heavy atom. The molecule has 2 aromatic carbocycles. The molecular formula is C22H24N2O4S. The number of thioether (sulfide) groups is 1. The van der Waals surface area contributed by atoms with E-state index in [4.69, 9.17) is 14.0 Å². The SMILES string of the molecule is COc1ccc(CNC(=O)c2ccccc2SCc2c(C)noc2C)cc1OC. The van der Waals surface area contributed by atoms with Crippen LogP contribution in [0, 0.1) is 13.8 Å². The lowest BCUT2D eigenvalue weighted by molar-refractivity contribution is 0.0948. The minimum absolute atomic E-state index is 0.123. The van der Waals surface area contributed by atoms with Crippen molar-refractivity contribution in [3.05, 3.63) is 70.6 Å². The van der Waals surface area contributed by atoms with Gasteiger partial charge < -0.3 is 19.3 Å². The van der Waals surface area contributed by atoms with Gasteiger partial charge in [-0.3, -0.25) is 4.79 Å². The third-order valence-corrected chi connectivity index (χ3v) is 5.69. The maximum absolute atomic E-state index is 12.8. The third-order valence-electron chi connectivity index (χ3n) is 4.59. The van der Waals surface area contributed by atoms with Crippen LogP contribution in [-0.4, -0.2) is 25.3 Å². The molecule has 7 heteroatoms. The number of benzene rings is 2. The summed E-state index contributed by atoms with van der Waals surface area (Å²) in [5.41, 5.74) is 3.52. The van der Waals surface area contributed by atoms with Crippen molar-refractivity contribution < 1.29 is 18.8 Å². The lowest BCUT2D eigenvalue weighted by atomic mass is 10.1. The summed E-state index contributed by atoms with van der Waals surface area (Å²) in [4.78, 5) is 13.7. The molecule has 0 radical (unpaired) electrons. The molecule has 0 aliphatic heterocycles. The Labute approximate surface area is 174 Å². The summed E-state index contributed by atoms with van der Waals surface area (Å²) in [5.74, 6) is 2.67. The monoisotopic (exact) mass is 412 g/mol. The molecular weight excluding hydrogens is 388 g/mol. The van der Waals surface area contributed by atoms with Gasteiger partial charge in [-0.05, 0) is 43.7 Å². The average molecular weight is 413 g/mol. The van der Waals surface area contributed by atoms with Crippen molar-refractivity contribution in [3.8, 4) is 11.5 Å². The van der Waals surface area contributed by atoms with E-state index in [2.05, 4.69) is 10.5 Å². The highest BCUT2D eigenvalue weighted by Gasteiger charge is 2.14. The second kappa shape index (κ2) is 9.52. The van der Waals surface area contributed by atoms with Gasteiger partial charge in [-0.15, -0.1) is 11.8 Å². The topological polar surface area (TPSA) is 73.6 Å². The maximum atomic E-state index is 12.8. The van der Waals surface area contributed by atoms with Gasteiger partial charge in [-0.25, -0.2) is 0 Å². The van der Waals surface area contributed by atoms with Gasteiger partial charge in [0.1, 0.15) is 5.76 Å². The number of hydrogen-bond donors (Lipinski definition) is 1. The predicted molar refractivity (Wildman–Crippen MR) is 113 cm³/mol. The summed E-state index contributed by atoms with van der Waals surface area (Å²) in [5, 5.41) is 6.97. The molecule has 29 heavy (non-hydrogen) atoms. The first-order chi connectivity index (χ1) is 14.0. The zero-order chi connectivity index (χ0) is 20.8. The Bertz CT molecular complexity index is 981. The molecule has 0 atom stereocenters. The number of nitrogens with one attached hydrogen (secondary N) is 1. The summed E-state index contributed by atoms with van der Waals surface area (Å²) in [6.45, 7) is 4.22. The number of ether oxygens (including phenoxy) is 2. The predicted octanol–water partition coefficient (Wildman–Crippen LogP) is 4.53. The van der Waals surface area contributed by atoms with Crippen LogP contribution in [0.2, 0.25) is 0 Å². The number of nitrogens with zero attached hydrogens (tertiary/aromatic N) is 1. The fraction of sp³-hybridized carbons (Fsp3) is 0.273. The smallest absolute Gasteiger partial charge is 0.252 e. The van der Waals surface area contributed by atoms with Crippen molar-refractivity contribution in [2.24, 2.45) is 0 Å². The van der Waals surface area contributed by atoms with Gasteiger partial charge in [0.15, 0.2) is 11.5 Å². The molecule has 0 saturated carbocycles. The first kappa shape index (κ1) is 20.8. The molecule has 0 aliphatic carbocycles. The number of carbonyl (C=O) groups is 1. The van der Waals surface area contributed by atoms with Crippen LogP contribution in [0.3, 0.4) is 0 Å². The van der Waals surface area contributed by atoms with E-state index in [1.54, 1.807) is 26.0 Å². The van der Waals surface area contributed by atoms with E-state index >= 15 is 0 Å². The second-order valence-electron chi connectivity index (χ2n) is 6.46. The first-order valence-electron chi connectivity index (χ1n) is 9.16. The fourth-order valence-corrected chi connectivity index (χ4v) is 4.11. The van der Waals surface area contributed by atoms with Gasteiger partial charge in [0.05, 0.1) is 25.5 Å². The van der Waals surface area contributed by atoms with Gasteiger partial charge in [0, 0.05) is 22.8 Å². The van der Waals surface area contributed by atoms with Crippen molar-refractivity contribution in [3.63, 3.8) is 0 Å². The van der Waals surface area contributed by atoms with Gasteiger partial charge in [-0.2, -0.15) is 0 Å². The number of aryl methyl sites for hydroxylation is 2. The lowest BCUT2D eigenvalue weighted by Gasteiger charge is -2.12. The fourth-order valence-electron chi connectivity index (χ4n) is 2.91. The Morgan fingerprint density at radius 1 is 1.10 bits per heavy atom. The van der Waals surface area contributed by atoms with Crippen molar-refractivity contribution in [2.75, 3.05) is 14.2 Å². The summed E-state index contributed by atoms with van der Waals surface area (Å²) in [6, 6.07) is 13.2. The van der Waals surface area contributed by atoms with Crippen LogP contribution in [0.1, 0.15) is 32.9 Å². The molecule has 6 nitrogen and oxygen atoms in total. The maximum Gasteiger partial charge on any atom is 0.252 e. The molecule has 0 fully saturated rings. The molecule has 1 N–H and O–H groups in total. The molecule has 0 bridgehead atoms. The van der Waals surface area contributed by atoms with E-state index in [1.165, 1.54) is 0 Å². The van der Waals surface area contributed by atoms with Crippen LogP contribution in [0.15, 0.2) is 51.9 Å². The summed E-state index contributed by atoms with van der Waals surface area (Å²) >= 11 is 1.60. The Kier molecular flexibility index (Phi) is 6.82. The minimum Gasteiger partial charge on any atom is -0.493 e. The van der Waals surface area contributed by atoms with Crippen molar-refractivity contribution in [1.82, 2.24) is 10.5 Å². The van der Waals surface area contributed by atoms with Crippen molar-refractivity contribution in [1.29, 1.82) is 0 Å². The Balaban J connectivity index is 1.68. The Morgan fingerprint density at radius 2 is 1.86 bits per heavy atom. The molecule has 152 valence electrons. The highest BCUT2D eigenvalue weighted by atomic mass is 32.2.